The van der Waals surface area contributed by atoms with Crippen LogP contribution in [0.3, 0.4) is 0 Å². The minimum absolute atomic E-state index is 0. The SMILES string of the molecule is CCNC(=NCc1cccnc1OCCOC)NC1CCN(Cc2ccccc2)CC1.I. The fraction of sp³-hybridized carbons (Fsp3) is 0.500. The maximum absolute atomic E-state index is 5.73. The molecule has 32 heavy (non-hydrogen) atoms. The second-order valence-corrected chi connectivity index (χ2v) is 7.68. The zero-order valence-electron chi connectivity index (χ0n) is 19.1. The molecule has 0 radical (unpaired) electrons. The maximum Gasteiger partial charge on any atom is 0.218 e. The highest BCUT2D eigenvalue weighted by Crippen LogP contribution is 2.16. The summed E-state index contributed by atoms with van der Waals surface area (Å²) in [6, 6.07) is 15.0. The number of nitrogens with zero attached hydrogens (tertiary/aromatic N) is 3. The van der Waals surface area contributed by atoms with E-state index in [9.17, 15) is 0 Å². The molecule has 2 aromatic rings. The molecule has 8 heteroatoms. The van der Waals surface area contributed by atoms with Gasteiger partial charge in [-0.2, -0.15) is 0 Å². The van der Waals surface area contributed by atoms with Crippen molar-refractivity contribution in [1.29, 1.82) is 0 Å². The van der Waals surface area contributed by atoms with Gasteiger partial charge in [-0.15, -0.1) is 24.0 Å². The molecule has 0 atom stereocenters. The number of piperidine rings is 1. The zero-order chi connectivity index (χ0) is 21.7. The molecule has 2 N–H and O–H groups in total. The molecule has 0 unspecified atom stereocenters. The molecule has 1 aliphatic rings. The van der Waals surface area contributed by atoms with Gasteiger partial charge in [0, 0.05) is 51.1 Å². The topological polar surface area (TPSA) is 71.0 Å². The fourth-order valence-electron chi connectivity index (χ4n) is 3.65. The third-order valence-electron chi connectivity index (χ3n) is 5.31. The summed E-state index contributed by atoms with van der Waals surface area (Å²) < 4.78 is 10.8. The molecular formula is C24H36IN5O2. The first-order valence-corrected chi connectivity index (χ1v) is 11.1. The lowest BCUT2D eigenvalue weighted by molar-refractivity contribution is 0.143. The minimum atomic E-state index is 0. The Morgan fingerprint density at radius 2 is 1.91 bits per heavy atom. The van der Waals surface area contributed by atoms with Crippen LogP contribution in [-0.2, 0) is 17.8 Å². The summed E-state index contributed by atoms with van der Waals surface area (Å²) in [5, 5.41) is 6.98. The van der Waals surface area contributed by atoms with Crippen LogP contribution in [0, 0.1) is 0 Å². The summed E-state index contributed by atoms with van der Waals surface area (Å²) >= 11 is 0. The fourth-order valence-corrected chi connectivity index (χ4v) is 3.65. The van der Waals surface area contributed by atoms with Gasteiger partial charge in [-0.25, -0.2) is 9.98 Å². The Labute approximate surface area is 209 Å². The highest BCUT2D eigenvalue weighted by Gasteiger charge is 2.20. The van der Waals surface area contributed by atoms with E-state index in [4.69, 9.17) is 14.5 Å². The Balaban J connectivity index is 0.00000363. The number of aliphatic imine (C=N–C) groups is 1. The molecule has 176 valence electrons. The third-order valence-corrected chi connectivity index (χ3v) is 5.31. The number of benzene rings is 1. The normalized spacial score (nSPS) is 15.1. The van der Waals surface area contributed by atoms with Crippen LogP contribution in [0.2, 0.25) is 0 Å². The highest BCUT2D eigenvalue weighted by molar-refractivity contribution is 14.0. The van der Waals surface area contributed by atoms with Crippen molar-refractivity contribution in [3.8, 4) is 5.88 Å². The van der Waals surface area contributed by atoms with Crippen LogP contribution in [0.1, 0.15) is 30.9 Å². The van der Waals surface area contributed by atoms with Gasteiger partial charge < -0.3 is 20.1 Å². The summed E-state index contributed by atoms with van der Waals surface area (Å²) in [6.07, 6.45) is 3.95. The number of rotatable bonds is 10. The standard InChI is InChI=1S/C24H35N5O2.HI/c1-3-25-24(27-18-21-10-7-13-26-23(21)31-17-16-30-2)28-22-11-14-29(15-12-22)19-20-8-5-4-6-9-20;/h4-10,13,22H,3,11-12,14-19H2,1-2H3,(H2,25,27,28);1H. The van der Waals surface area contributed by atoms with Crippen LogP contribution >= 0.6 is 24.0 Å². The molecule has 2 heterocycles. The average Bonchev–Trinajstić information content (AvgIpc) is 2.80. The van der Waals surface area contributed by atoms with Crippen LogP contribution in [-0.4, -0.2) is 61.8 Å². The molecule has 0 aliphatic carbocycles. The lowest BCUT2D eigenvalue weighted by Crippen LogP contribution is -2.48. The molecule has 7 nitrogen and oxygen atoms in total. The van der Waals surface area contributed by atoms with E-state index in [-0.39, 0.29) is 24.0 Å². The van der Waals surface area contributed by atoms with E-state index < -0.39 is 0 Å². The van der Waals surface area contributed by atoms with Crippen LogP contribution in [0.25, 0.3) is 0 Å². The molecule has 1 aromatic heterocycles. The molecule has 0 spiro atoms. The number of likely N-dealkylation sites (tertiary alicyclic amines) is 1. The number of nitrogens with one attached hydrogen (secondary N) is 2. The monoisotopic (exact) mass is 553 g/mol. The van der Waals surface area contributed by atoms with E-state index >= 15 is 0 Å². The van der Waals surface area contributed by atoms with E-state index in [1.807, 2.05) is 12.1 Å². The molecular weight excluding hydrogens is 517 g/mol. The van der Waals surface area contributed by atoms with Crippen molar-refractivity contribution in [2.75, 3.05) is 40.0 Å². The molecule has 1 aliphatic heterocycles. The Morgan fingerprint density at radius 3 is 2.62 bits per heavy atom. The van der Waals surface area contributed by atoms with Gasteiger partial charge in [-0.05, 0) is 31.4 Å². The number of aromatic nitrogens is 1. The zero-order valence-corrected chi connectivity index (χ0v) is 21.5. The number of halogens is 1. The Hall–Kier alpha value is -1.91. The Bertz CT molecular complexity index is 798. The van der Waals surface area contributed by atoms with Crippen molar-refractivity contribution in [3.05, 3.63) is 59.8 Å². The predicted octanol–water partition coefficient (Wildman–Crippen LogP) is 3.44. The van der Waals surface area contributed by atoms with Gasteiger partial charge in [0.1, 0.15) is 6.61 Å². The summed E-state index contributed by atoms with van der Waals surface area (Å²) in [5.41, 5.74) is 2.34. The molecule has 1 saturated heterocycles. The Kier molecular flexibility index (Phi) is 12.4. The number of guanidine groups is 1. The number of pyridine rings is 1. The lowest BCUT2D eigenvalue weighted by atomic mass is 10.0. The van der Waals surface area contributed by atoms with Crippen molar-refractivity contribution < 1.29 is 9.47 Å². The van der Waals surface area contributed by atoms with Crippen LogP contribution in [0.5, 0.6) is 5.88 Å². The van der Waals surface area contributed by atoms with Crippen molar-refractivity contribution in [2.24, 2.45) is 4.99 Å². The van der Waals surface area contributed by atoms with Gasteiger partial charge >= 0.3 is 0 Å². The second-order valence-electron chi connectivity index (χ2n) is 7.68. The highest BCUT2D eigenvalue weighted by atomic mass is 127. The smallest absolute Gasteiger partial charge is 0.218 e. The molecule has 1 fully saturated rings. The van der Waals surface area contributed by atoms with E-state index in [0.29, 0.717) is 31.7 Å². The van der Waals surface area contributed by atoms with Crippen LogP contribution in [0.15, 0.2) is 53.7 Å². The summed E-state index contributed by atoms with van der Waals surface area (Å²) in [7, 11) is 1.66. The summed E-state index contributed by atoms with van der Waals surface area (Å²) in [4.78, 5) is 11.6. The second kappa shape index (κ2) is 15.0. The molecule has 0 amide bonds. The minimum Gasteiger partial charge on any atom is -0.475 e. The summed E-state index contributed by atoms with van der Waals surface area (Å²) in [5.74, 6) is 1.46. The first kappa shape index (κ1) is 26.3. The number of hydrogen-bond acceptors (Lipinski definition) is 5. The van der Waals surface area contributed by atoms with Gasteiger partial charge in [0.25, 0.3) is 0 Å². The van der Waals surface area contributed by atoms with Gasteiger partial charge in [0.05, 0.1) is 13.2 Å². The molecule has 1 aromatic carbocycles. The Morgan fingerprint density at radius 1 is 1.12 bits per heavy atom. The first-order valence-electron chi connectivity index (χ1n) is 11.1. The third kappa shape index (κ3) is 8.91. The van der Waals surface area contributed by atoms with Crippen LogP contribution < -0.4 is 15.4 Å². The number of hydrogen-bond donors (Lipinski definition) is 2. The van der Waals surface area contributed by atoms with E-state index in [1.54, 1.807) is 13.3 Å². The van der Waals surface area contributed by atoms with E-state index in [1.165, 1.54) is 5.56 Å². The first-order chi connectivity index (χ1) is 15.3. The number of methoxy groups -OCH3 is 1. The molecule has 3 rings (SSSR count). The van der Waals surface area contributed by atoms with E-state index in [2.05, 4.69) is 57.8 Å². The lowest BCUT2D eigenvalue weighted by Gasteiger charge is -2.33. The van der Waals surface area contributed by atoms with Gasteiger partial charge in [0.15, 0.2) is 5.96 Å². The van der Waals surface area contributed by atoms with E-state index in [0.717, 1.165) is 50.5 Å². The largest absolute Gasteiger partial charge is 0.475 e. The maximum atomic E-state index is 5.73. The average molecular weight is 553 g/mol. The molecule has 0 saturated carbocycles. The van der Waals surface area contributed by atoms with Crippen molar-refractivity contribution in [1.82, 2.24) is 20.5 Å². The summed E-state index contributed by atoms with van der Waals surface area (Å²) in [6.45, 7) is 7.63. The van der Waals surface area contributed by atoms with Crippen LogP contribution in [0.4, 0.5) is 0 Å². The predicted molar refractivity (Wildman–Crippen MR) is 140 cm³/mol. The van der Waals surface area contributed by atoms with Crippen molar-refractivity contribution in [2.45, 2.75) is 38.9 Å². The van der Waals surface area contributed by atoms with Crippen molar-refractivity contribution >= 4 is 29.9 Å². The van der Waals surface area contributed by atoms with Gasteiger partial charge in [0.2, 0.25) is 5.88 Å². The molecule has 0 bridgehead atoms. The van der Waals surface area contributed by atoms with Gasteiger partial charge in [-0.1, -0.05) is 36.4 Å². The van der Waals surface area contributed by atoms with Gasteiger partial charge in [-0.3, -0.25) is 4.90 Å². The van der Waals surface area contributed by atoms with Crippen molar-refractivity contribution in [3.63, 3.8) is 0 Å². The quantitative estimate of drug-likeness (QED) is 0.203. The number of ether oxygens (including phenoxy) is 2.